The molecule has 0 amide bonds. The van der Waals surface area contributed by atoms with E-state index in [-0.39, 0.29) is 39.0 Å². The van der Waals surface area contributed by atoms with E-state index in [1.807, 2.05) is 11.9 Å². The van der Waals surface area contributed by atoms with E-state index in [1.165, 1.54) is 12.1 Å². The molecule has 2 aromatic heterocycles. The first-order valence-electron chi connectivity index (χ1n) is 9.88. The van der Waals surface area contributed by atoms with E-state index in [0.29, 0.717) is 30.6 Å². The molecule has 1 aromatic carbocycles. The zero-order valence-electron chi connectivity index (χ0n) is 17.1. The lowest BCUT2D eigenvalue weighted by atomic mass is 9.91. The Morgan fingerprint density at radius 1 is 1.24 bits per heavy atom. The number of rotatable bonds is 5. The van der Waals surface area contributed by atoms with Crippen molar-refractivity contribution < 1.29 is 9.47 Å². The summed E-state index contributed by atoms with van der Waals surface area (Å²) < 4.78 is 12.4. The van der Waals surface area contributed by atoms with Crippen LogP contribution in [0, 0.1) is 11.3 Å². The van der Waals surface area contributed by atoms with Crippen LogP contribution >= 0.6 is 23.2 Å². The van der Waals surface area contributed by atoms with Crippen molar-refractivity contribution >= 4 is 23.2 Å². The number of nitrogens with one attached hydrogen (secondary N) is 2. The molecule has 0 radical (unpaired) electrons. The number of aromatic nitrogens is 5. The predicted molar refractivity (Wildman–Crippen MR) is 117 cm³/mol. The average Bonchev–Trinajstić information content (AvgIpc) is 2.78. The zero-order valence-corrected chi connectivity index (χ0v) is 18.7. The Hall–Kier alpha value is -3.46. The molecule has 1 atom stereocenters. The lowest BCUT2D eigenvalue weighted by Crippen LogP contribution is -2.33. The number of benzene rings is 1. The number of ether oxygens (including phenoxy) is 2. The highest BCUT2D eigenvalue weighted by Crippen LogP contribution is 2.40. The van der Waals surface area contributed by atoms with Crippen molar-refractivity contribution in [2.24, 2.45) is 0 Å². The van der Waals surface area contributed by atoms with Gasteiger partial charge in [0.1, 0.15) is 6.07 Å². The second-order valence-corrected chi connectivity index (χ2v) is 7.87. The van der Waals surface area contributed by atoms with Crippen LogP contribution in [-0.2, 0) is 11.2 Å². The molecule has 2 N–H and O–H groups in total. The third-order valence-corrected chi connectivity index (χ3v) is 5.59. The molecule has 0 saturated carbocycles. The maximum Gasteiger partial charge on any atom is 0.349 e. The van der Waals surface area contributed by atoms with Crippen LogP contribution in [0.25, 0.3) is 5.69 Å². The zero-order chi connectivity index (χ0) is 23.7. The minimum Gasteiger partial charge on any atom is -0.434 e. The van der Waals surface area contributed by atoms with E-state index >= 15 is 0 Å². The summed E-state index contributed by atoms with van der Waals surface area (Å²) in [5.74, 6) is 0.178. The van der Waals surface area contributed by atoms with E-state index < -0.39 is 16.9 Å². The van der Waals surface area contributed by atoms with Crippen LogP contribution in [0.3, 0.4) is 0 Å². The monoisotopic (exact) mass is 490 g/mol. The van der Waals surface area contributed by atoms with Gasteiger partial charge in [0.15, 0.2) is 5.75 Å². The van der Waals surface area contributed by atoms with Gasteiger partial charge in [0.05, 0.1) is 27.4 Å². The summed E-state index contributed by atoms with van der Waals surface area (Å²) in [7, 11) is 0. The van der Waals surface area contributed by atoms with Gasteiger partial charge in [-0.15, -0.1) is 10.2 Å². The van der Waals surface area contributed by atoms with Gasteiger partial charge in [-0.25, -0.2) is 9.89 Å². The van der Waals surface area contributed by atoms with Crippen LogP contribution in [0.5, 0.6) is 11.6 Å². The van der Waals surface area contributed by atoms with Crippen molar-refractivity contribution in [1.29, 1.82) is 5.26 Å². The van der Waals surface area contributed by atoms with Gasteiger partial charge < -0.3 is 9.47 Å². The lowest BCUT2D eigenvalue weighted by molar-refractivity contribution is 0.0483. The molecule has 33 heavy (non-hydrogen) atoms. The fourth-order valence-electron chi connectivity index (χ4n) is 3.64. The highest BCUT2D eigenvalue weighted by molar-refractivity contribution is 6.37. The van der Waals surface area contributed by atoms with E-state index in [4.69, 9.17) is 37.9 Å². The van der Waals surface area contributed by atoms with Crippen molar-refractivity contribution in [3.63, 3.8) is 0 Å². The molecule has 1 unspecified atom stereocenters. The Balaban J connectivity index is 1.76. The van der Waals surface area contributed by atoms with Gasteiger partial charge in [0, 0.05) is 12.2 Å². The topological polar surface area (TPSA) is 156 Å². The number of halogens is 2. The fourth-order valence-corrected chi connectivity index (χ4v) is 4.19. The maximum absolute atomic E-state index is 12.4. The van der Waals surface area contributed by atoms with Crippen LogP contribution in [0.15, 0.2) is 26.5 Å². The highest BCUT2D eigenvalue weighted by Gasteiger charge is 2.28. The van der Waals surface area contributed by atoms with Gasteiger partial charge in [0.2, 0.25) is 11.6 Å². The van der Waals surface area contributed by atoms with Crippen LogP contribution in [0.2, 0.25) is 10.0 Å². The van der Waals surface area contributed by atoms with Crippen molar-refractivity contribution in [2.45, 2.75) is 32.3 Å². The summed E-state index contributed by atoms with van der Waals surface area (Å²) in [6.45, 7) is 2.30. The number of nitriles is 1. The van der Waals surface area contributed by atoms with Gasteiger partial charge in [-0.2, -0.15) is 9.94 Å². The lowest BCUT2D eigenvalue weighted by Gasteiger charge is -2.25. The molecule has 1 aliphatic carbocycles. The molecule has 0 saturated heterocycles. The molecule has 4 rings (SSSR count). The van der Waals surface area contributed by atoms with E-state index in [9.17, 15) is 14.4 Å². The number of H-pyrrole nitrogens is 2. The van der Waals surface area contributed by atoms with E-state index in [1.54, 1.807) is 6.07 Å². The summed E-state index contributed by atoms with van der Waals surface area (Å²) in [5.41, 5.74) is -1.46. The van der Waals surface area contributed by atoms with Crippen molar-refractivity contribution in [2.75, 3.05) is 6.61 Å². The average molecular weight is 491 g/mol. The minimum absolute atomic E-state index is 0.00910. The number of fused-ring (bicyclic) bond motifs is 1. The van der Waals surface area contributed by atoms with E-state index in [2.05, 4.69) is 15.3 Å². The Bertz CT molecular complexity index is 1430. The Morgan fingerprint density at radius 3 is 2.64 bits per heavy atom. The van der Waals surface area contributed by atoms with Gasteiger partial charge in [-0.3, -0.25) is 14.6 Å². The molecular formula is C20H16Cl2N6O5. The molecule has 2 heterocycles. The van der Waals surface area contributed by atoms with Crippen molar-refractivity contribution in [3.8, 4) is 23.4 Å². The van der Waals surface area contributed by atoms with Crippen molar-refractivity contribution in [1.82, 2.24) is 25.0 Å². The highest BCUT2D eigenvalue weighted by atomic mass is 35.5. The SMILES string of the molecule is CCOC1CCCc2c(Oc3c(Cl)cc(-n4nc(C#N)c(=O)[nH]c4=O)cc3Cl)n[nH]c(=O)c21. The second-order valence-electron chi connectivity index (χ2n) is 7.06. The molecular weight excluding hydrogens is 475 g/mol. The molecule has 0 aliphatic heterocycles. The number of aromatic amines is 2. The summed E-state index contributed by atoms with van der Waals surface area (Å²) in [6, 6.07) is 4.26. The van der Waals surface area contributed by atoms with Crippen LogP contribution in [0.1, 0.15) is 42.7 Å². The van der Waals surface area contributed by atoms with Crippen molar-refractivity contribution in [3.05, 3.63) is 70.2 Å². The van der Waals surface area contributed by atoms with Crippen LogP contribution in [0.4, 0.5) is 0 Å². The molecule has 1 aliphatic rings. The summed E-state index contributed by atoms with van der Waals surface area (Å²) >= 11 is 12.7. The molecule has 11 nitrogen and oxygen atoms in total. The van der Waals surface area contributed by atoms with Crippen LogP contribution < -0.4 is 21.5 Å². The molecule has 0 spiro atoms. The Labute approximate surface area is 195 Å². The summed E-state index contributed by atoms with van der Waals surface area (Å²) in [6.07, 6.45) is 1.68. The molecule has 0 fully saturated rings. The molecule has 3 aromatic rings. The standard InChI is InChI=1S/C20H16Cl2N6O5/c1-2-32-14-5-3-4-10-15(14)18(30)25-26-19(10)33-16-11(21)6-9(7-12(16)22)28-20(31)24-17(29)13(8-23)27-28/h6-7,14H,2-5H2,1H3,(H,25,30)(H,24,29,31). The predicted octanol–water partition coefficient (Wildman–Crippen LogP) is 2.39. The van der Waals surface area contributed by atoms with Gasteiger partial charge in [-0.05, 0) is 38.3 Å². The first-order valence-corrected chi connectivity index (χ1v) is 10.6. The summed E-state index contributed by atoms with van der Waals surface area (Å²) in [5, 5.41) is 19.2. The Kier molecular flexibility index (Phi) is 6.33. The Morgan fingerprint density at radius 2 is 1.97 bits per heavy atom. The number of hydrogen-bond acceptors (Lipinski definition) is 8. The quantitative estimate of drug-likeness (QED) is 0.551. The minimum atomic E-state index is -0.907. The molecule has 13 heteroatoms. The molecule has 0 bridgehead atoms. The smallest absolute Gasteiger partial charge is 0.349 e. The van der Waals surface area contributed by atoms with Gasteiger partial charge in [0.25, 0.3) is 11.1 Å². The fraction of sp³-hybridized carbons (Fsp3) is 0.300. The number of nitrogens with zero attached hydrogens (tertiary/aromatic N) is 4. The third kappa shape index (κ3) is 4.28. The van der Waals surface area contributed by atoms with E-state index in [0.717, 1.165) is 11.1 Å². The third-order valence-electron chi connectivity index (χ3n) is 5.03. The first-order chi connectivity index (χ1) is 15.8. The van der Waals surface area contributed by atoms with Gasteiger partial charge in [-0.1, -0.05) is 23.2 Å². The number of hydrogen-bond donors (Lipinski definition) is 2. The maximum atomic E-state index is 12.4. The second kappa shape index (κ2) is 9.19. The molecule has 170 valence electrons. The summed E-state index contributed by atoms with van der Waals surface area (Å²) in [4.78, 5) is 38.1. The van der Waals surface area contributed by atoms with Gasteiger partial charge >= 0.3 is 5.69 Å². The first kappa shape index (κ1) is 22.7. The normalized spacial score (nSPS) is 15.0. The van der Waals surface area contributed by atoms with Crippen LogP contribution in [-0.4, -0.2) is 31.6 Å². The largest absolute Gasteiger partial charge is 0.434 e.